The van der Waals surface area contributed by atoms with Gasteiger partial charge in [-0.25, -0.2) is 0 Å². The molecule has 18 heavy (non-hydrogen) atoms. The molecule has 0 aliphatic carbocycles. The summed E-state index contributed by atoms with van der Waals surface area (Å²) in [6, 6.07) is 5.09. The summed E-state index contributed by atoms with van der Waals surface area (Å²) in [7, 11) is 1.61. The fraction of sp³-hybridized carbons (Fsp3) is 0.417. The standard InChI is InChI=1S/C12H17BrN2O3/c1-17-6-7-18-5-4-15-12(16)9-2-3-10(13)11(14)8-9/h2-3,8H,4-7,14H2,1H3,(H,15,16). The van der Waals surface area contributed by atoms with E-state index in [4.69, 9.17) is 15.2 Å². The zero-order chi connectivity index (χ0) is 13.4. The number of hydrogen-bond donors (Lipinski definition) is 2. The zero-order valence-electron chi connectivity index (χ0n) is 10.2. The van der Waals surface area contributed by atoms with E-state index in [1.165, 1.54) is 0 Å². The topological polar surface area (TPSA) is 73.6 Å². The Labute approximate surface area is 115 Å². The molecule has 0 spiro atoms. The normalized spacial score (nSPS) is 10.3. The van der Waals surface area contributed by atoms with E-state index in [-0.39, 0.29) is 5.91 Å². The number of halogens is 1. The summed E-state index contributed by atoms with van der Waals surface area (Å²) in [5, 5.41) is 2.75. The summed E-state index contributed by atoms with van der Waals surface area (Å²) in [5.41, 5.74) is 6.78. The van der Waals surface area contributed by atoms with Crippen molar-refractivity contribution in [1.82, 2.24) is 5.32 Å². The van der Waals surface area contributed by atoms with E-state index in [9.17, 15) is 4.79 Å². The van der Waals surface area contributed by atoms with Crippen molar-refractivity contribution >= 4 is 27.5 Å². The molecule has 0 radical (unpaired) electrons. The molecule has 0 aliphatic rings. The molecular weight excluding hydrogens is 300 g/mol. The first kappa shape index (κ1) is 14.9. The van der Waals surface area contributed by atoms with Crippen LogP contribution in [0, 0.1) is 0 Å². The molecule has 0 atom stereocenters. The van der Waals surface area contributed by atoms with Crippen LogP contribution in [0.4, 0.5) is 5.69 Å². The second-order valence-corrected chi connectivity index (χ2v) is 4.45. The second kappa shape index (κ2) is 8.07. The van der Waals surface area contributed by atoms with Crippen molar-refractivity contribution in [2.45, 2.75) is 0 Å². The van der Waals surface area contributed by atoms with E-state index in [2.05, 4.69) is 21.2 Å². The highest BCUT2D eigenvalue weighted by Crippen LogP contribution is 2.19. The van der Waals surface area contributed by atoms with E-state index >= 15 is 0 Å². The van der Waals surface area contributed by atoms with Crippen LogP contribution in [-0.2, 0) is 9.47 Å². The van der Waals surface area contributed by atoms with E-state index in [1.54, 1.807) is 25.3 Å². The van der Waals surface area contributed by atoms with Gasteiger partial charge in [0.2, 0.25) is 0 Å². The predicted octanol–water partition coefficient (Wildman–Crippen LogP) is 1.42. The van der Waals surface area contributed by atoms with E-state index in [1.807, 2.05) is 0 Å². The molecule has 1 aromatic rings. The highest BCUT2D eigenvalue weighted by atomic mass is 79.9. The van der Waals surface area contributed by atoms with Crippen LogP contribution < -0.4 is 11.1 Å². The Morgan fingerprint density at radius 2 is 2.17 bits per heavy atom. The Bertz CT molecular complexity index is 399. The van der Waals surface area contributed by atoms with Gasteiger partial charge in [-0.2, -0.15) is 0 Å². The molecule has 0 bridgehead atoms. The minimum Gasteiger partial charge on any atom is -0.398 e. The number of rotatable bonds is 7. The van der Waals surface area contributed by atoms with E-state index in [0.717, 1.165) is 4.47 Å². The molecule has 0 fully saturated rings. The summed E-state index contributed by atoms with van der Waals surface area (Å²) in [6.45, 7) is 1.99. The molecule has 1 aromatic carbocycles. The smallest absolute Gasteiger partial charge is 0.251 e. The number of anilines is 1. The van der Waals surface area contributed by atoms with Crippen LogP contribution in [0.2, 0.25) is 0 Å². The predicted molar refractivity (Wildman–Crippen MR) is 73.6 cm³/mol. The highest BCUT2D eigenvalue weighted by Gasteiger charge is 2.06. The molecule has 1 amide bonds. The Hall–Kier alpha value is -1.11. The van der Waals surface area contributed by atoms with Gasteiger partial charge in [0.05, 0.1) is 19.8 Å². The Balaban J connectivity index is 2.30. The average molecular weight is 317 g/mol. The molecule has 5 nitrogen and oxygen atoms in total. The minimum atomic E-state index is -0.162. The van der Waals surface area contributed by atoms with Gasteiger partial charge >= 0.3 is 0 Å². The molecule has 6 heteroatoms. The third-order valence-corrected chi connectivity index (χ3v) is 2.94. The van der Waals surface area contributed by atoms with Crippen LogP contribution in [-0.4, -0.2) is 39.4 Å². The third-order valence-electron chi connectivity index (χ3n) is 2.22. The Kier molecular flexibility index (Phi) is 6.70. The average Bonchev–Trinajstić information content (AvgIpc) is 2.36. The van der Waals surface area contributed by atoms with Crippen LogP contribution in [0.3, 0.4) is 0 Å². The van der Waals surface area contributed by atoms with Gasteiger partial charge in [0, 0.05) is 29.4 Å². The highest BCUT2D eigenvalue weighted by molar-refractivity contribution is 9.10. The first-order valence-corrected chi connectivity index (χ1v) is 6.34. The second-order valence-electron chi connectivity index (χ2n) is 3.60. The molecule has 0 unspecified atom stereocenters. The van der Waals surface area contributed by atoms with Gasteiger partial charge in [-0.05, 0) is 34.1 Å². The van der Waals surface area contributed by atoms with Gasteiger partial charge in [-0.1, -0.05) is 0 Å². The largest absolute Gasteiger partial charge is 0.398 e. The molecule has 0 saturated carbocycles. The number of benzene rings is 1. The third kappa shape index (κ3) is 5.03. The first-order valence-electron chi connectivity index (χ1n) is 5.55. The van der Waals surface area contributed by atoms with Crippen molar-refractivity contribution in [2.75, 3.05) is 39.2 Å². The van der Waals surface area contributed by atoms with E-state index in [0.29, 0.717) is 37.6 Å². The lowest BCUT2D eigenvalue weighted by Crippen LogP contribution is -2.27. The number of nitrogens with one attached hydrogen (secondary N) is 1. The van der Waals surface area contributed by atoms with Gasteiger partial charge in [0.1, 0.15) is 0 Å². The van der Waals surface area contributed by atoms with Gasteiger partial charge in [-0.15, -0.1) is 0 Å². The van der Waals surface area contributed by atoms with Crippen molar-refractivity contribution in [3.8, 4) is 0 Å². The first-order chi connectivity index (χ1) is 8.65. The summed E-state index contributed by atoms with van der Waals surface area (Å²) in [6.07, 6.45) is 0. The summed E-state index contributed by atoms with van der Waals surface area (Å²) in [5.74, 6) is -0.162. The summed E-state index contributed by atoms with van der Waals surface area (Å²) >= 11 is 3.28. The molecule has 3 N–H and O–H groups in total. The number of carbonyl (C=O) groups is 1. The zero-order valence-corrected chi connectivity index (χ0v) is 11.8. The van der Waals surface area contributed by atoms with Crippen LogP contribution in [0.1, 0.15) is 10.4 Å². The van der Waals surface area contributed by atoms with Crippen LogP contribution >= 0.6 is 15.9 Å². The van der Waals surface area contributed by atoms with Crippen molar-refractivity contribution in [2.24, 2.45) is 0 Å². The number of ether oxygens (including phenoxy) is 2. The fourth-order valence-corrected chi connectivity index (χ4v) is 1.51. The van der Waals surface area contributed by atoms with Crippen molar-refractivity contribution in [3.63, 3.8) is 0 Å². The van der Waals surface area contributed by atoms with Crippen molar-refractivity contribution < 1.29 is 14.3 Å². The number of nitrogens with two attached hydrogens (primary N) is 1. The molecule has 0 aliphatic heterocycles. The van der Waals surface area contributed by atoms with Gasteiger partial charge in [0.15, 0.2) is 0 Å². The van der Waals surface area contributed by atoms with Gasteiger partial charge < -0.3 is 20.5 Å². The monoisotopic (exact) mass is 316 g/mol. The molecule has 0 heterocycles. The SMILES string of the molecule is COCCOCCNC(=O)c1ccc(Br)c(N)c1. The summed E-state index contributed by atoms with van der Waals surface area (Å²) in [4.78, 5) is 11.7. The molecular formula is C12H17BrN2O3. The molecule has 0 aromatic heterocycles. The number of carbonyl (C=O) groups excluding carboxylic acids is 1. The molecule has 0 saturated heterocycles. The lowest BCUT2D eigenvalue weighted by atomic mass is 10.2. The Morgan fingerprint density at radius 1 is 1.39 bits per heavy atom. The van der Waals surface area contributed by atoms with Crippen molar-refractivity contribution in [1.29, 1.82) is 0 Å². The van der Waals surface area contributed by atoms with Crippen molar-refractivity contribution in [3.05, 3.63) is 28.2 Å². The maximum Gasteiger partial charge on any atom is 0.251 e. The summed E-state index contributed by atoms with van der Waals surface area (Å²) < 4.78 is 10.8. The van der Waals surface area contributed by atoms with Gasteiger partial charge in [0.25, 0.3) is 5.91 Å². The number of amides is 1. The number of methoxy groups -OCH3 is 1. The number of hydrogen-bond acceptors (Lipinski definition) is 4. The maximum absolute atomic E-state index is 11.7. The van der Waals surface area contributed by atoms with Crippen LogP contribution in [0.5, 0.6) is 0 Å². The lowest BCUT2D eigenvalue weighted by Gasteiger charge is -2.07. The minimum absolute atomic E-state index is 0.162. The van der Waals surface area contributed by atoms with Crippen LogP contribution in [0.15, 0.2) is 22.7 Å². The quantitative estimate of drug-likeness (QED) is 0.589. The van der Waals surface area contributed by atoms with Gasteiger partial charge in [-0.3, -0.25) is 4.79 Å². The molecule has 1 rings (SSSR count). The Morgan fingerprint density at radius 3 is 2.83 bits per heavy atom. The van der Waals surface area contributed by atoms with E-state index < -0.39 is 0 Å². The number of nitrogen functional groups attached to an aromatic ring is 1. The lowest BCUT2D eigenvalue weighted by molar-refractivity contribution is 0.0692. The van der Waals surface area contributed by atoms with Crippen LogP contribution in [0.25, 0.3) is 0 Å². The fourth-order valence-electron chi connectivity index (χ4n) is 1.27. The molecule has 100 valence electrons. The maximum atomic E-state index is 11.7.